The maximum atomic E-state index is 13.6. The summed E-state index contributed by atoms with van der Waals surface area (Å²) in [4.78, 5) is 49.5. The Bertz CT molecular complexity index is 1540. The van der Waals surface area contributed by atoms with Crippen molar-refractivity contribution in [3.8, 4) is 16.9 Å². The standard InChI is InChI=1S/C30H30N2O9/c1-2-41-22(35)13-32-12-14-3-5-15(6-4-14)18-7-8-20(33)24-19(18)10-16-9-17-11-21(34)25(29(31)39)28(38)30(17,40)27(37)23(16)26(24)36/h3-8,16-17,32-33,36,38,40H,2,9-13H2,1H3,(H2,31,39)/t16-,17+,30+/m1/s1. The molecule has 3 aliphatic carbocycles. The lowest BCUT2D eigenvalue weighted by Gasteiger charge is -2.46. The Morgan fingerprint density at radius 2 is 1.78 bits per heavy atom. The van der Waals surface area contributed by atoms with Crippen LogP contribution < -0.4 is 11.1 Å². The lowest BCUT2D eigenvalue weighted by molar-refractivity contribution is -0.147. The molecule has 1 amide bonds. The summed E-state index contributed by atoms with van der Waals surface area (Å²) in [6.45, 7) is 2.56. The van der Waals surface area contributed by atoms with Crippen molar-refractivity contribution in [1.29, 1.82) is 0 Å². The van der Waals surface area contributed by atoms with Gasteiger partial charge in [-0.2, -0.15) is 0 Å². The highest BCUT2D eigenvalue weighted by Gasteiger charge is 2.60. The second-order valence-corrected chi connectivity index (χ2v) is 10.5. The molecular formula is C30H30N2O9. The number of hydrogen-bond acceptors (Lipinski definition) is 10. The van der Waals surface area contributed by atoms with E-state index in [4.69, 9.17) is 10.5 Å². The van der Waals surface area contributed by atoms with E-state index >= 15 is 0 Å². The lowest BCUT2D eigenvalue weighted by Crippen LogP contribution is -2.58. The van der Waals surface area contributed by atoms with E-state index in [1.54, 1.807) is 13.0 Å². The van der Waals surface area contributed by atoms with Gasteiger partial charge in [0.1, 0.15) is 22.8 Å². The summed E-state index contributed by atoms with van der Waals surface area (Å²) in [6, 6.07) is 10.6. The number of aliphatic hydroxyl groups excluding tert-OH is 2. The molecule has 11 heteroatoms. The van der Waals surface area contributed by atoms with Crippen LogP contribution in [0.25, 0.3) is 16.9 Å². The number of ether oxygens (including phenoxy) is 1. The number of benzene rings is 2. The number of carbonyl (C=O) groups is 4. The lowest BCUT2D eigenvalue weighted by atomic mass is 9.59. The number of nitrogens with one attached hydrogen (secondary N) is 1. The summed E-state index contributed by atoms with van der Waals surface area (Å²) in [5.41, 5.74) is 4.65. The molecule has 0 bridgehead atoms. The predicted molar refractivity (Wildman–Crippen MR) is 145 cm³/mol. The highest BCUT2D eigenvalue weighted by atomic mass is 16.5. The van der Waals surface area contributed by atoms with E-state index in [1.165, 1.54) is 6.07 Å². The zero-order chi connectivity index (χ0) is 29.6. The summed E-state index contributed by atoms with van der Waals surface area (Å²) in [6.07, 6.45) is -0.107. The van der Waals surface area contributed by atoms with Gasteiger partial charge in [0.05, 0.1) is 18.7 Å². The smallest absolute Gasteiger partial charge is 0.319 e. The Kier molecular flexibility index (Phi) is 7.18. The second-order valence-electron chi connectivity index (χ2n) is 10.5. The number of phenols is 1. The number of hydrogen-bond donors (Lipinski definition) is 6. The number of aliphatic hydroxyl groups is 3. The van der Waals surface area contributed by atoms with E-state index in [1.807, 2.05) is 24.3 Å². The summed E-state index contributed by atoms with van der Waals surface area (Å²) < 4.78 is 4.90. The molecule has 0 unspecified atom stereocenters. The average molecular weight is 563 g/mol. The van der Waals surface area contributed by atoms with Crippen LogP contribution in [0.5, 0.6) is 5.75 Å². The third-order valence-corrected chi connectivity index (χ3v) is 8.12. The molecule has 3 aliphatic rings. The van der Waals surface area contributed by atoms with Crippen LogP contribution in [0.1, 0.15) is 36.5 Å². The van der Waals surface area contributed by atoms with Gasteiger partial charge in [-0.25, -0.2) is 0 Å². The fraction of sp³-hybridized carbons (Fsp3) is 0.333. The van der Waals surface area contributed by atoms with Crippen molar-refractivity contribution in [2.24, 2.45) is 17.6 Å². The van der Waals surface area contributed by atoms with Crippen molar-refractivity contribution in [3.05, 3.63) is 70.0 Å². The minimum atomic E-state index is -2.60. The quantitative estimate of drug-likeness (QED) is 0.214. The van der Waals surface area contributed by atoms with Crippen LogP contribution in [0, 0.1) is 11.8 Å². The first-order valence-corrected chi connectivity index (χ1v) is 13.3. The topological polar surface area (TPSA) is 196 Å². The molecule has 3 atom stereocenters. The number of phenolic OH excluding ortho intramolecular Hbond substituents is 1. The summed E-state index contributed by atoms with van der Waals surface area (Å²) in [5.74, 6) is -6.96. The normalized spacial score (nSPS) is 23.6. The van der Waals surface area contributed by atoms with Gasteiger partial charge in [0.2, 0.25) is 5.78 Å². The Balaban J connectivity index is 1.50. The van der Waals surface area contributed by atoms with E-state index < -0.39 is 52.0 Å². The third-order valence-electron chi connectivity index (χ3n) is 8.12. The molecule has 7 N–H and O–H groups in total. The van der Waals surface area contributed by atoms with Crippen LogP contribution in [-0.2, 0) is 36.9 Å². The monoisotopic (exact) mass is 562 g/mol. The average Bonchev–Trinajstić information content (AvgIpc) is 2.91. The number of amides is 1. The van der Waals surface area contributed by atoms with Gasteiger partial charge in [-0.3, -0.25) is 19.2 Å². The summed E-state index contributed by atoms with van der Waals surface area (Å²) in [7, 11) is 0. The number of rotatable bonds is 7. The molecule has 0 spiro atoms. The van der Waals surface area contributed by atoms with E-state index in [2.05, 4.69) is 5.32 Å². The zero-order valence-corrected chi connectivity index (χ0v) is 22.3. The first-order chi connectivity index (χ1) is 19.5. The number of aromatic hydroxyl groups is 1. The number of fused-ring (bicyclic) bond motifs is 3. The van der Waals surface area contributed by atoms with Gasteiger partial charge in [0.25, 0.3) is 5.91 Å². The van der Waals surface area contributed by atoms with E-state index in [-0.39, 0.29) is 48.7 Å². The van der Waals surface area contributed by atoms with Crippen molar-refractivity contribution >= 4 is 29.2 Å². The van der Waals surface area contributed by atoms with Gasteiger partial charge in [-0.15, -0.1) is 0 Å². The van der Waals surface area contributed by atoms with Crippen LogP contribution in [-0.4, -0.2) is 62.6 Å². The number of ketones is 2. The summed E-state index contributed by atoms with van der Waals surface area (Å²) in [5, 5.41) is 47.1. The molecule has 5 rings (SSSR count). The number of esters is 1. The van der Waals surface area contributed by atoms with E-state index in [0.29, 0.717) is 24.3 Å². The van der Waals surface area contributed by atoms with Gasteiger partial charge >= 0.3 is 5.97 Å². The third kappa shape index (κ3) is 4.56. The molecule has 0 heterocycles. The fourth-order valence-electron chi connectivity index (χ4n) is 6.22. The Hall–Kier alpha value is -4.48. The maximum Gasteiger partial charge on any atom is 0.319 e. The van der Waals surface area contributed by atoms with E-state index in [0.717, 1.165) is 11.1 Å². The molecule has 41 heavy (non-hydrogen) atoms. The zero-order valence-electron chi connectivity index (χ0n) is 22.3. The van der Waals surface area contributed by atoms with Crippen LogP contribution in [0.4, 0.5) is 0 Å². The van der Waals surface area contributed by atoms with Gasteiger partial charge < -0.3 is 36.2 Å². The van der Waals surface area contributed by atoms with Crippen molar-refractivity contribution in [2.45, 2.75) is 38.3 Å². The van der Waals surface area contributed by atoms with Crippen molar-refractivity contribution in [2.75, 3.05) is 13.2 Å². The van der Waals surface area contributed by atoms with Gasteiger partial charge in [0.15, 0.2) is 11.4 Å². The second kappa shape index (κ2) is 10.5. The number of primary amides is 1. The molecule has 2 aromatic carbocycles. The summed E-state index contributed by atoms with van der Waals surface area (Å²) >= 11 is 0. The van der Waals surface area contributed by atoms with Gasteiger partial charge in [-0.1, -0.05) is 30.3 Å². The Morgan fingerprint density at radius 1 is 1.07 bits per heavy atom. The molecule has 1 fully saturated rings. The maximum absolute atomic E-state index is 13.6. The van der Waals surface area contributed by atoms with E-state index in [9.17, 15) is 39.6 Å². The molecule has 0 aliphatic heterocycles. The highest BCUT2D eigenvalue weighted by Crippen LogP contribution is 2.53. The van der Waals surface area contributed by atoms with Crippen LogP contribution in [0.2, 0.25) is 0 Å². The molecule has 2 aromatic rings. The van der Waals surface area contributed by atoms with Crippen molar-refractivity contribution in [3.63, 3.8) is 0 Å². The van der Waals surface area contributed by atoms with Crippen LogP contribution in [0.3, 0.4) is 0 Å². The molecule has 11 nitrogen and oxygen atoms in total. The Morgan fingerprint density at radius 3 is 2.44 bits per heavy atom. The van der Waals surface area contributed by atoms with Crippen LogP contribution >= 0.6 is 0 Å². The molecule has 0 saturated heterocycles. The first-order valence-electron chi connectivity index (χ1n) is 13.3. The number of carbonyl (C=O) groups excluding carboxylic acids is 4. The van der Waals surface area contributed by atoms with Crippen LogP contribution in [0.15, 0.2) is 53.3 Å². The molecule has 214 valence electrons. The predicted octanol–water partition coefficient (Wildman–Crippen LogP) is 1.74. The first kappa shape index (κ1) is 28.1. The van der Waals surface area contributed by atoms with Crippen molar-refractivity contribution in [1.82, 2.24) is 5.32 Å². The SMILES string of the molecule is CCOC(=O)CNCc1ccc(-c2ccc(O)c3c2C[C@H]2C[C@H]4CC(=O)C(C(N)=O)=C(O)[C@@]4(O)C(=O)C2=C3O)cc1. The van der Waals surface area contributed by atoms with Crippen molar-refractivity contribution < 1.29 is 44.3 Å². The molecule has 0 radical (unpaired) electrons. The molecule has 1 saturated carbocycles. The molecular weight excluding hydrogens is 532 g/mol. The molecule has 0 aromatic heterocycles. The Labute approximate surface area is 234 Å². The minimum absolute atomic E-state index is 0.0369. The largest absolute Gasteiger partial charge is 0.508 e. The van der Waals surface area contributed by atoms with Gasteiger partial charge in [0, 0.05) is 24.5 Å². The number of nitrogens with two attached hydrogens (primary N) is 1. The minimum Gasteiger partial charge on any atom is -0.508 e. The number of Topliss-reactive ketones (excluding diaryl/α,β-unsaturated/α-hetero) is 2. The highest BCUT2D eigenvalue weighted by molar-refractivity contribution is 6.22. The fourth-order valence-corrected chi connectivity index (χ4v) is 6.22. The van der Waals surface area contributed by atoms with Gasteiger partial charge in [-0.05, 0) is 54.0 Å².